The van der Waals surface area contributed by atoms with Crippen LogP contribution in [0, 0.1) is 0 Å². The van der Waals surface area contributed by atoms with E-state index in [1.54, 1.807) is 11.3 Å². The predicted octanol–water partition coefficient (Wildman–Crippen LogP) is 4.72. The van der Waals surface area contributed by atoms with E-state index in [1.165, 1.54) is 4.88 Å². The highest BCUT2D eigenvalue weighted by atomic mass is 79.9. The summed E-state index contributed by atoms with van der Waals surface area (Å²) in [7, 11) is 0. The second-order valence-corrected chi connectivity index (χ2v) is 6.46. The van der Waals surface area contributed by atoms with Crippen molar-refractivity contribution in [3.63, 3.8) is 0 Å². The zero-order valence-corrected chi connectivity index (χ0v) is 12.5. The molecule has 4 heteroatoms. The minimum Gasteiger partial charge on any atom is -0.380 e. The third kappa shape index (κ3) is 3.43. The zero-order valence-electron chi connectivity index (χ0n) is 10.1. The van der Waals surface area contributed by atoms with Crippen LogP contribution in [0.3, 0.4) is 0 Å². The van der Waals surface area contributed by atoms with Gasteiger partial charge in [0.1, 0.15) is 0 Å². The molecule has 0 unspecified atom stereocenters. The Balaban J connectivity index is 1.96. The van der Waals surface area contributed by atoms with Crippen LogP contribution < -0.4 is 5.32 Å². The normalized spacial score (nSPS) is 10.3. The Labute approximate surface area is 119 Å². The summed E-state index contributed by atoms with van der Waals surface area (Å²) in [5.41, 5.74) is 1.81. The first-order valence-corrected chi connectivity index (χ1v) is 7.41. The van der Waals surface area contributed by atoms with E-state index in [4.69, 9.17) is 0 Å². The molecule has 1 aromatic heterocycles. The number of nitrogens with one attached hydrogen (secondary N) is 1. The van der Waals surface area contributed by atoms with E-state index in [2.05, 4.69) is 27.3 Å². The number of carbonyl (C=O) groups is 1. The van der Waals surface area contributed by atoms with Gasteiger partial charge in [0.25, 0.3) is 0 Å². The molecule has 0 aliphatic heterocycles. The van der Waals surface area contributed by atoms with Crippen molar-refractivity contribution in [1.82, 2.24) is 0 Å². The van der Waals surface area contributed by atoms with Crippen LogP contribution in [0.4, 0.5) is 5.69 Å². The van der Waals surface area contributed by atoms with Gasteiger partial charge in [-0.3, -0.25) is 4.79 Å². The van der Waals surface area contributed by atoms with Gasteiger partial charge in [0.15, 0.2) is 5.78 Å². The Morgan fingerprint density at radius 2 is 1.94 bits per heavy atom. The van der Waals surface area contributed by atoms with Crippen molar-refractivity contribution in [3.05, 3.63) is 50.6 Å². The van der Waals surface area contributed by atoms with Crippen LogP contribution in [0.2, 0.25) is 0 Å². The Hall–Kier alpha value is -1.13. The lowest BCUT2D eigenvalue weighted by Crippen LogP contribution is -1.99. The molecule has 0 atom stereocenters. The molecule has 2 rings (SSSR count). The number of halogens is 1. The maximum absolute atomic E-state index is 11.5. The highest BCUT2D eigenvalue weighted by Gasteiger charge is 2.02. The molecule has 0 amide bonds. The van der Waals surface area contributed by atoms with Crippen LogP contribution in [-0.2, 0) is 6.54 Å². The van der Waals surface area contributed by atoms with Crippen molar-refractivity contribution in [2.75, 3.05) is 5.32 Å². The number of hydrogen-bond acceptors (Lipinski definition) is 3. The molecular weight excluding hydrogens is 310 g/mol. The van der Waals surface area contributed by atoms with Crippen molar-refractivity contribution in [3.8, 4) is 0 Å². The molecule has 0 saturated heterocycles. The molecule has 94 valence electrons. The Kier molecular flexibility index (Phi) is 4.55. The van der Waals surface area contributed by atoms with Crippen molar-refractivity contribution in [1.29, 1.82) is 0 Å². The highest BCUT2D eigenvalue weighted by molar-refractivity contribution is 9.11. The molecule has 1 heterocycles. The average Bonchev–Trinajstić information content (AvgIpc) is 2.82. The van der Waals surface area contributed by atoms with Gasteiger partial charge < -0.3 is 5.32 Å². The van der Waals surface area contributed by atoms with Gasteiger partial charge in [0.2, 0.25) is 0 Å². The van der Waals surface area contributed by atoms with E-state index < -0.39 is 0 Å². The first-order valence-electron chi connectivity index (χ1n) is 5.80. The number of Topliss-reactive ketones (excluding diaryl/α,β-unsaturated/α-hetero) is 1. The lowest BCUT2D eigenvalue weighted by Gasteiger charge is -2.05. The molecule has 0 aliphatic carbocycles. The van der Waals surface area contributed by atoms with Gasteiger partial charge in [-0.15, -0.1) is 11.3 Å². The molecule has 0 saturated carbocycles. The third-order valence-electron chi connectivity index (χ3n) is 2.62. The van der Waals surface area contributed by atoms with Gasteiger partial charge in [-0.25, -0.2) is 0 Å². The summed E-state index contributed by atoms with van der Waals surface area (Å²) >= 11 is 5.16. The smallest absolute Gasteiger partial charge is 0.162 e. The maximum Gasteiger partial charge on any atom is 0.162 e. The first kappa shape index (κ1) is 13.3. The zero-order chi connectivity index (χ0) is 13.0. The van der Waals surface area contributed by atoms with E-state index in [0.29, 0.717) is 6.42 Å². The summed E-state index contributed by atoms with van der Waals surface area (Å²) in [6, 6.07) is 11.8. The van der Waals surface area contributed by atoms with E-state index >= 15 is 0 Å². The van der Waals surface area contributed by atoms with Crippen LogP contribution in [0.25, 0.3) is 0 Å². The summed E-state index contributed by atoms with van der Waals surface area (Å²) in [5.74, 6) is 0.184. The lowest BCUT2D eigenvalue weighted by atomic mass is 10.1. The monoisotopic (exact) mass is 323 g/mol. The largest absolute Gasteiger partial charge is 0.380 e. The van der Waals surface area contributed by atoms with Gasteiger partial charge in [-0.2, -0.15) is 0 Å². The van der Waals surface area contributed by atoms with Crippen LogP contribution in [-0.4, -0.2) is 5.78 Å². The number of rotatable bonds is 5. The molecule has 0 aliphatic rings. The lowest BCUT2D eigenvalue weighted by molar-refractivity contribution is 0.0988. The van der Waals surface area contributed by atoms with Gasteiger partial charge in [-0.05, 0) is 52.3 Å². The standard InChI is InChI=1S/C14H14BrNOS/c1-2-13(17)10-3-5-11(6-4-10)16-9-12-7-8-14(15)18-12/h3-8,16H,2,9H2,1H3. The minimum atomic E-state index is 0.184. The van der Waals surface area contributed by atoms with Gasteiger partial charge >= 0.3 is 0 Å². The third-order valence-corrected chi connectivity index (χ3v) is 4.25. The molecule has 18 heavy (non-hydrogen) atoms. The summed E-state index contributed by atoms with van der Waals surface area (Å²) in [6.07, 6.45) is 0.552. The van der Waals surface area contributed by atoms with E-state index in [1.807, 2.05) is 37.3 Å². The van der Waals surface area contributed by atoms with E-state index in [0.717, 1.165) is 21.6 Å². The quantitative estimate of drug-likeness (QED) is 0.807. The summed E-state index contributed by atoms with van der Waals surface area (Å²) in [6.45, 7) is 2.68. The topological polar surface area (TPSA) is 29.1 Å². The summed E-state index contributed by atoms with van der Waals surface area (Å²) in [4.78, 5) is 12.8. The highest BCUT2D eigenvalue weighted by Crippen LogP contribution is 2.23. The number of hydrogen-bond donors (Lipinski definition) is 1. The number of ketones is 1. The minimum absolute atomic E-state index is 0.184. The predicted molar refractivity (Wildman–Crippen MR) is 80.4 cm³/mol. The van der Waals surface area contributed by atoms with Gasteiger partial charge in [-0.1, -0.05) is 6.92 Å². The second kappa shape index (κ2) is 6.16. The molecule has 1 aromatic carbocycles. The Bertz CT molecular complexity index is 533. The fourth-order valence-electron chi connectivity index (χ4n) is 1.61. The fraction of sp³-hybridized carbons (Fsp3) is 0.214. The Morgan fingerprint density at radius 1 is 1.22 bits per heavy atom. The molecule has 0 spiro atoms. The molecular formula is C14H14BrNOS. The first-order chi connectivity index (χ1) is 8.69. The van der Waals surface area contributed by atoms with E-state index in [-0.39, 0.29) is 5.78 Å². The van der Waals surface area contributed by atoms with Crippen LogP contribution in [0.5, 0.6) is 0 Å². The number of benzene rings is 1. The summed E-state index contributed by atoms with van der Waals surface area (Å²) in [5, 5.41) is 3.34. The van der Waals surface area contributed by atoms with Crippen LogP contribution in [0.1, 0.15) is 28.6 Å². The van der Waals surface area contributed by atoms with Crippen molar-refractivity contribution >= 4 is 38.7 Å². The molecule has 0 fully saturated rings. The number of thiophene rings is 1. The molecule has 0 bridgehead atoms. The number of carbonyl (C=O) groups excluding carboxylic acids is 1. The molecule has 0 radical (unpaired) electrons. The second-order valence-electron chi connectivity index (χ2n) is 3.91. The van der Waals surface area contributed by atoms with Crippen molar-refractivity contribution in [2.45, 2.75) is 19.9 Å². The van der Waals surface area contributed by atoms with Gasteiger partial charge in [0.05, 0.1) is 3.79 Å². The number of anilines is 1. The van der Waals surface area contributed by atoms with Crippen molar-refractivity contribution < 1.29 is 4.79 Å². The summed E-state index contributed by atoms with van der Waals surface area (Å²) < 4.78 is 1.14. The maximum atomic E-state index is 11.5. The van der Waals surface area contributed by atoms with Gasteiger partial charge in [0, 0.05) is 29.1 Å². The fourth-order valence-corrected chi connectivity index (χ4v) is 3.04. The molecule has 1 N–H and O–H groups in total. The molecule has 2 aromatic rings. The SMILES string of the molecule is CCC(=O)c1ccc(NCc2ccc(Br)s2)cc1. The van der Waals surface area contributed by atoms with E-state index in [9.17, 15) is 4.79 Å². The Morgan fingerprint density at radius 3 is 2.50 bits per heavy atom. The van der Waals surface area contributed by atoms with Crippen LogP contribution in [0.15, 0.2) is 40.2 Å². The van der Waals surface area contributed by atoms with Crippen molar-refractivity contribution in [2.24, 2.45) is 0 Å². The average molecular weight is 324 g/mol. The van der Waals surface area contributed by atoms with Crippen LogP contribution >= 0.6 is 27.3 Å². The molecule has 2 nitrogen and oxygen atoms in total.